The molecule has 0 spiro atoms. The maximum Gasteiger partial charge on any atom is 0.409 e. The molecule has 1 aliphatic heterocycles. The molecule has 0 radical (unpaired) electrons. The normalized spacial score (nSPS) is 14.2. The Morgan fingerprint density at radius 3 is 2.39 bits per heavy atom. The summed E-state index contributed by atoms with van der Waals surface area (Å²) in [4.78, 5) is 41.2. The first-order valence-corrected chi connectivity index (χ1v) is 11.5. The number of amides is 2. The summed E-state index contributed by atoms with van der Waals surface area (Å²) < 4.78 is 6.45. The Kier molecular flexibility index (Phi) is 8.22. The summed E-state index contributed by atoms with van der Waals surface area (Å²) >= 11 is 6.82. The molecular weight excluding hydrogens is 530 g/mol. The van der Waals surface area contributed by atoms with Crippen LogP contribution in [0, 0.1) is 0 Å². The minimum atomic E-state index is -0.323. The molecule has 1 heterocycles. The van der Waals surface area contributed by atoms with E-state index in [0.717, 1.165) is 4.47 Å². The second kappa shape index (κ2) is 10.9. The van der Waals surface area contributed by atoms with Crippen molar-refractivity contribution in [3.05, 3.63) is 62.5 Å². The lowest BCUT2D eigenvalue weighted by Gasteiger charge is -2.33. The molecule has 2 aromatic rings. The van der Waals surface area contributed by atoms with E-state index in [2.05, 4.69) is 37.2 Å². The van der Waals surface area contributed by atoms with Gasteiger partial charge >= 0.3 is 6.09 Å². The topological polar surface area (TPSA) is 79.0 Å². The molecule has 7 nitrogen and oxygen atoms in total. The number of carbonyl (C=O) groups excluding carboxylic acids is 3. The predicted molar refractivity (Wildman–Crippen MR) is 125 cm³/mol. The maximum absolute atomic E-state index is 13.1. The molecule has 2 amide bonds. The number of ether oxygens (including phenoxy) is 1. The van der Waals surface area contributed by atoms with Crippen molar-refractivity contribution in [3.8, 4) is 0 Å². The van der Waals surface area contributed by atoms with Gasteiger partial charge in [-0.15, -0.1) is 0 Å². The fourth-order valence-corrected chi connectivity index (χ4v) is 4.13. The minimum Gasteiger partial charge on any atom is -0.450 e. The van der Waals surface area contributed by atoms with Crippen molar-refractivity contribution in [2.24, 2.45) is 0 Å². The van der Waals surface area contributed by atoms with E-state index in [1.807, 2.05) is 11.0 Å². The lowest BCUT2D eigenvalue weighted by molar-refractivity contribution is -0.117. The van der Waals surface area contributed by atoms with Crippen molar-refractivity contribution in [3.63, 3.8) is 0 Å². The lowest BCUT2D eigenvalue weighted by atomic mass is 10.0. The first-order valence-electron chi connectivity index (χ1n) is 9.91. The van der Waals surface area contributed by atoms with E-state index in [9.17, 15) is 14.4 Å². The van der Waals surface area contributed by atoms with Gasteiger partial charge in [0.15, 0.2) is 5.78 Å². The van der Waals surface area contributed by atoms with E-state index in [-0.39, 0.29) is 24.3 Å². The van der Waals surface area contributed by atoms with E-state index in [1.54, 1.807) is 48.2 Å². The summed E-state index contributed by atoms with van der Waals surface area (Å²) in [5, 5.41) is 2.87. The SMILES string of the molecule is CCOC(=O)N1CCN(CC(=O)Nc2ccc(Br)cc2C(=O)c2ccccc2Br)CC1. The summed E-state index contributed by atoms with van der Waals surface area (Å²) in [6.45, 7) is 4.47. The fraction of sp³-hybridized carbons (Fsp3) is 0.318. The standard InChI is InChI=1S/C22H23Br2N3O4/c1-2-31-22(30)27-11-9-26(10-12-27)14-20(28)25-19-8-7-15(23)13-17(19)21(29)16-5-3-4-6-18(16)24/h3-8,13H,2,9-12,14H2,1H3,(H,25,28). The smallest absolute Gasteiger partial charge is 0.409 e. The summed E-state index contributed by atoms with van der Waals surface area (Å²) in [7, 11) is 0. The number of hydrogen-bond donors (Lipinski definition) is 1. The fourth-order valence-electron chi connectivity index (χ4n) is 3.30. The van der Waals surface area contributed by atoms with Crippen molar-refractivity contribution in [2.45, 2.75) is 6.92 Å². The first-order chi connectivity index (χ1) is 14.9. The van der Waals surface area contributed by atoms with Gasteiger partial charge in [0.2, 0.25) is 5.91 Å². The van der Waals surface area contributed by atoms with E-state index in [1.165, 1.54) is 0 Å². The van der Waals surface area contributed by atoms with Crippen LogP contribution in [0.4, 0.5) is 10.5 Å². The van der Waals surface area contributed by atoms with Crippen LogP contribution in [0.2, 0.25) is 0 Å². The Morgan fingerprint density at radius 2 is 1.71 bits per heavy atom. The molecule has 1 saturated heterocycles. The van der Waals surface area contributed by atoms with Gasteiger partial charge in [0.1, 0.15) is 0 Å². The number of nitrogens with one attached hydrogen (secondary N) is 1. The van der Waals surface area contributed by atoms with Crippen molar-refractivity contribution in [1.29, 1.82) is 0 Å². The number of ketones is 1. The second-order valence-corrected chi connectivity index (χ2v) is 8.78. The molecule has 31 heavy (non-hydrogen) atoms. The van der Waals surface area contributed by atoms with Gasteiger partial charge in [0, 0.05) is 46.3 Å². The molecule has 1 fully saturated rings. The zero-order chi connectivity index (χ0) is 22.4. The van der Waals surface area contributed by atoms with E-state index in [4.69, 9.17) is 4.74 Å². The average Bonchev–Trinajstić information content (AvgIpc) is 2.75. The zero-order valence-electron chi connectivity index (χ0n) is 17.1. The highest BCUT2D eigenvalue weighted by Crippen LogP contribution is 2.27. The number of nitrogens with zero attached hydrogens (tertiary/aromatic N) is 2. The van der Waals surface area contributed by atoms with Crippen LogP contribution in [0.15, 0.2) is 51.4 Å². The van der Waals surface area contributed by atoms with Crippen LogP contribution in [-0.4, -0.2) is 66.9 Å². The second-order valence-electron chi connectivity index (χ2n) is 7.01. The largest absolute Gasteiger partial charge is 0.450 e. The molecule has 0 bridgehead atoms. The van der Waals surface area contributed by atoms with E-state index in [0.29, 0.717) is 54.1 Å². The molecule has 3 rings (SSSR count). The number of hydrogen-bond acceptors (Lipinski definition) is 5. The van der Waals surface area contributed by atoms with Gasteiger partial charge in [-0.25, -0.2) is 4.79 Å². The van der Waals surface area contributed by atoms with Crippen LogP contribution in [0.25, 0.3) is 0 Å². The van der Waals surface area contributed by atoms with Gasteiger partial charge in [-0.2, -0.15) is 0 Å². The lowest BCUT2D eigenvalue weighted by Crippen LogP contribution is -2.50. The van der Waals surface area contributed by atoms with Crippen molar-refractivity contribution in [1.82, 2.24) is 9.80 Å². The Hall–Kier alpha value is -2.23. The van der Waals surface area contributed by atoms with E-state index >= 15 is 0 Å². The van der Waals surface area contributed by atoms with Gasteiger partial charge < -0.3 is 15.0 Å². The minimum absolute atomic E-state index is 0.176. The zero-order valence-corrected chi connectivity index (χ0v) is 20.2. The molecule has 9 heteroatoms. The molecule has 164 valence electrons. The van der Waals surface area contributed by atoms with Crippen molar-refractivity contribution in [2.75, 3.05) is 44.6 Å². The highest BCUT2D eigenvalue weighted by atomic mass is 79.9. The Bertz CT molecular complexity index is 975. The number of carbonyl (C=O) groups is 3. The third-order valence-electron chi connectivity index (χ3n) is 4.88. The van der Waals surface area contributed by atoms with Gasteiger partial charge in [-0.1, -0.05) is 44.0 Å². The molecular formula is C22H23Br2N3O4. The summed E-state index contributed by atoms with van der Waals surface area (Å²) in [6.07, 6.45) is -0.323. The van der Waals surface area contributed by atoms with Crippen molar-refractivity contribution >= 4 is 55.3 Å². The van der Waals surface area contributed by atoms with Gasteiger partial charge in [0.25, 0.3) is 0 Å². The van der Waals surface area contributed by atoms with Crippen LogP contribution >= 0.6 is 31.9 Å². The summed E-state index contributed by atoms with van der Waals surface area (Å²) in [5.74, 6) is -0.403. The number of piperazine rings is 1. The van der Waals surface area contributed by atoms with Gasteiger partial charge in [-0.3, -0.25) is 14.5 Å². The van der Waals surface area contributed by atoms with Crippen LogP contribution in [0.1, 0.15) is 22.8 Å². The van der Waals surface area contributed by atoms with Crippen LogP contribution in [0.3, 0.4) is 0 Å². The molecule has 2 aromatic carbocycles. The predicted octanol–water partition coefficient (Wildman–Crippen LogP) is 4.16. The van der Waals surface area contributed by atoms with Crippen molar-refractivity contribution < 1.29 is 19.1 Å². The Morgan fingerprint density at radius 1 is 1.00 bits per heavy atom. The van der Waals surface area contributed by atoms with Crippen LogP contribution in [-0.2, 0) is 9.53 Å². The monoisotopic (exact) mass is 551 g/mol. The Labute approximate surface area is 198 Å². The highest BCUT2D eigenvalue weighted by molar-refractivity contribution is 9.10. The molecule has 1 N–H and O–H groups in total. The summed E-state index contributed by atoms with van der Waals surface area (Å²) in [5.41, 5.74) is 1.38. The molecule has 0 atom stereocenters. The van der Waals surface area contributed by atoms with Gasteiger partial charge in [-0.05, 0) is 37.3 Å². The molecule has 0 unspecified atom stereocenters. The quantitative estimate of drug-likeness (QED) is 0.544. The number of anilines is 1. The van der Waals surface area contributed by atoms with Gasteiger partial charge in [0.05, 0.1) is 18.8 Å². The van der Waals surface area contributed by atoms with Crippen LogP contribution in [0.5, 0.6) is 0 Å². The number of rotatable bonds is 6. The third-order valence-corrected chi connectivity index (χ3v) is 6.07. The van der Waals surface area contributed by atoms with Crippen LogP contribution < -0.4 is 5.32 Å². The number of benzene rings is 2. The number of halogens is 2. The Balaban J connectivity index is 1.65. The molecule has 0 saturated carbocycles. The maximum atomic E-state index is 13.1. The molecule has 0 aromatic heterocycles. The van der Waals surface area contributed by atoms with E-state index < -0.39 is 0 Å². The highest BCUT2D eigenvalue weighted by Gasteiger charge is 2.24. The molecule has 0 aliphatic carbocycles. The molecule has 1 aliphatic rings. The average molecular weight is 553 g/mol. The third kappa shape index (κ3) is 6.15. The summed E-state index contributed by atoms with van der Waals surface area (Å²) in [6, 6.07) is 12.4. The first kappa shape index (κ1) is 23.4.